The van der Waals surface area contributed by atoms with Gasteiger partial charge in [0.15, 0.2) is 11.6 Å². The first-order chi connectivity index (χ1) is 14.5. The Balaban J connectivity index is 1.77. The van der Waals surface area contributed by atoms with E-state index < -0.39 is 55.1 Å². The summed E-state index contributed by atoms with van der Waals surface area (Å²) in [5.74, 6) is -2.15. The highest BCUT2D eigenvalue weighted by molar-refractivity contribution is 7.46. The molecule has 8 atom stereocenters. The number of rotatable bonds is 5. The number of carbonyl (C=O) groups is 3. The van der Waals surface area contributed by atoms with Crippen molar-refractivity contribution in [3.63, 3.8) is 0 Å². The predicted octanol–water partition coefficient (Wildman–Crippen LogP) is 0.933. The van der Waals surface area contributed by atoms with Crippen molar-refractivity contribution in [3.8, 4) is 0 Å². The van der Waals surface area contributed by atoms with Gasteiger partial charge in [0.05, 0.1) is 12.2 Å². The lowest BCUT2D eigenvalue weighted by Crippen LogP contribution is -2.61. The second-order valence-electron chi connectivity index (χ2n) is 9.80. The van der Waals surface area contributed by atoms with Crippen molar-refractivity contribution in [2.75, 3.05) is 6.61 Å². The molecular weight excluding hydrogens is 427 g/mol. The zero-order valence-electron chi connectivity index (χ0n) is 17.3. The van der Waals surface area contributed by atoms with Crippen LogP contribution >= 0.6 is 7.82 Å². The Bertz CT molecular complexity index is 878. The van der Waals surface area contributed by atoms with E-state index in [1.807, 2.05) is 0 Å². The topological polar surface area (TPSA) is 158 Å². The maximum Gasteiger partial charge on any atom is 0.469 e. The van der Waals surface area contributed by atoms with Crippen molar-refractivity contribution in [1.82, 2.24) is 0 Å². The van der Waals surface area contributed by atoms with Crippen LogP contribution in [-0.2, 0) is 23.5 Å². The van der Waals surface area contributed by atoms with E-state index in [1.54, 1.807) is 6.92 Å². The van der Waals surface area contributed by atoms with Gasteiger partial charge >= 0.3 is 7.82 Å². The number of aliphatic hydroxyl groups excluding tert-OH is 2. The van der Waals surface area contributed by atoms with Gasteiger partial charge in [-0.25, -0.2) is 4.57 Å². The van der Waals surface area contributed by atoms with E-state index in [1.165, 1.54) is 6.08 Å². The molecule has 4 aliphatic carbocycles. The first-order valence-electron chi connectivity index (χ1n) is 10.7. The summed E-state index contributed by atoms with van der Waals surface area (Å²) in [4.78, 5) is 55.9. The molecular formula is C21H29O9P. The fourth-order valence-corrected chi connectivity index (χ4v) is 8.13. The van der Waals surface area contributed by atoms with Crippen molar-refractivity contribution in [3.05, 3.63) is 11.6 Å². The van der Waals surface area contributed by atoms with Gasteiger partial charge in [0.25, 0.3) is 0 Å². The monoisotopic (exact) mass is 456 g/mol. The highest BCUT2D eigenvalue weighted by Gasteiger charge is 2.66. The molecule has 0 amide bonds. The molecule has 4 N–H and O–H groups in total. The van der Waals surface area contributed by atoms with Crippen LogP contribution in [0.4, 0.5) is 0 Å². The fraction of sp³-hybridized carbons (Fsp3) is 0.762. The number of hydrogen-bond acceptors (Lipinski definition) is 7. The average molecular weight is 456 g/mol. The largest absolute Gasteiger partial charge is 0.469 e. The van der Waals surface area contributed by atoms with Crippen molar-refractivity contribution in [1.29, 1.82) is 0 Å². The van der Waals surface area contributed by atoms with E-state index in [4.69, 9.17) is 4.52 Å². The van der Waals surface area contributed by atoms with Crippen LogP contribution < -0.4 is 0 Å². The first-order valence-corrected chi connectivity index (χ1v) is 12.3. The minimum absolute atomic E-state index is 0.0399. The number of ketones is 2. The van der Waals surface area contributed by atoms with Crippen LogP contribution in [-0.4, -0.2) is 56.7 Å². The molecule has 9 nitrogen and oxygen atoms in total. The first kappa shape index (κ1) is 23.0. The number of aliphatic hydroxyl groups is 2. The molecule has 0 heterocycles. The molecule has 0 spiro atoms. The highest BCUT2D eigenvalue weighted by Crippen LogP contribution is 2.67. The highest BCUT2D eigenvalue weighted by atomic mass is 31.2. The Hall–Kier alpha value is -1.22. The number of aldehydes is 1. The van der Waals surface area contributed by atoms with Crippen molar-refractivity contribution in [2.24, 2.45) is 34.5 Å². The van der Waals surface area contributed by atoms with Crippen molar-refractivity contribution in [2.45, 2.75) is 57.7 Å². The molecule has 3 saturated carbocycles. The molecule has 0 radical (unpaired) electrons. The van der Waals surface area contributed by atoms with Gasteiger partial charge < -0.3 is 24.8 Å². The molecule has 4 rings (SSSR count). The van der Waals surface area contributed by atoms with Crippen LogP contribution in [0.25, 0.3) is 0 Å². The molecule has 1 unspecified atom stereocenters. The normalized spacial score (nSPS) is 44.7. The van der Waals surface area contributed by atoms with Crippen LogP contribution in [0.1, 0.15) is 45.4 Å². The van der Waals surface area contributed by atoms with Gasteiger partial charge in [0, 0.05) is 23.2 Å². The second kappa shape index (κ2) is 7.68. The van der Waals surface area contributed by atoms with Gasteiger partial charge in [-0.15, -0.1) is 0 Å². The number of hydrogen-bond donors (Lipinski definition) is 4. The molecule has 0 bridgehead atoms. The Morgan fingerprint density at radius 2 is 2.03 bits per heavy atom. The predicted molar refractivity (Wildman–Crippen MR) is 106 cm³/mol. The summed E-state index contributed by atoms with van der Waals surface area (Å²) in [6.07, 6.45) is 2.15. The number of Topliss-reactive ketones (excluding diaryl/α,β-unsaturated/α-hetero) is 1. The lowest BCUT2D eigenvalue weighted by Gasteiger charge is -2.60. The van der Waals surface area contributed by atoms with Gasteiger partial charge in [-0.3, -0.25) is 14.1 Å². The van der Waals surface area contributed by atoms with Crippen LogP contribution in [0, 0.1) is 34.5 Å². The van der Waals surface area contributed by atoms with Crippen LogP contribution in [0.3, 0.4) is 0 Å². The third-order valence-corrected chi connectivity index (χ3v) is 9.14. The van der Waals surface area contributed by atoms with Crippen LogP contribution in [0.2, 0.25) is 0 Å². The van der Waals surface area contributed by atoms with Crippen LogP contribution in [0.5, 0.6) is 0 Å². The summed E-state index contributed by atoms with van der Waals surface area (Å²) in [6.45, 7) is 1.13. The molecule has 0 aromatic carbocycles. The average Bonchev–Trinajstić information content (AvgIpc) is 3.06. The summed E-state index contributed by atoms with van der Waals surface area (Å²) < 4.78 is 16.8. The molecule has 3 fully saturated rings. The molecule has 172 valence electrons. The molecule has 0 aromatic heterocycles. The standard InChI is InChI=1S/C21H29O9P/c1-20-11(6-12(24)7-18(20)30-31(27,28)29)2-3-13-14-4-5-15(17(26)9-22)21(14,10-23)8-16(25)19(13)20/h6,10,13-16,18-19,22,25H,2-5,7-9H2,1H3,(H2,27,28,29)/t13-,14-,15+,16-,18?,19+,20+,21+/m0/s1. The number of phosphoric acid groups is 1. The maximum absolute atomic E-state index is 12.4. The second-order valence-corrected chi connectivity index (χ2v) is 11.0. The van der Waals surface area contributed by atoms with Gasteiger partial charge in [-0.1, -0.05) is 12.5 Å². The van der Waals surface area contributed by atoms with Gasteiger partial charge in [-0.05, 0) is 55.9 Å². The quantitative estimate of drug-likeness (QED) is 0.349. The number of fused-ring (bicyclic) bond motifs is 5. The maximum atomic E-state index is 12.4. The lowest BCUT2D eigenvalue weighted by atomic mass is 9.45. The molecule has 0 saturated heterocycles. The van der Waals surface area contributed by atoms with E-state index in [0.29, 0.717) is 31.3 Å². The molecule has 4 aliphatic rings. The minimum Gasteiger partial charge on any atom is -0.393 e. The van der Waals surface area contributed by atoms with Crippen molar-refractivity contribution < 1.29 is 43.5 Å². The summed E-state index contributed by atoms with van der Waals surface area (Å²) in [6, 6.07) is 0. The Morgan fingerprint density at radius 3 is 2.65 bits per heavy atom. The van der Waals surface area contributed by atoms with Gasteiger partial charge in [0.1, 0.15) is 12.9 Å². The SMILES string of the molecule is C[C@@]12C(=CC(=O)CC1OP(=O)(O)O)CC[C@@H]1[C@@H]2[C@@H](O)C[C@]2(C=O)[C@@H](C(=O)CO)CC[C@@H]12. The summed E-state index contributed by atoms with van der Waals surface area (Å²) in [7, 11) is -4.89. The van der Waals surface area contributed by atoms with E-state index in [9.17, 15) is 38.9 Å². The van der Waals surface area contributed by atoms with Crippen LogP contribution in [0.15, 0.2) is 11.6 Å². The molecule has 0 aromatic rings. The summed E-state index contributed by atoms with van der Waals surface area (Å²) in [5.41, 5.74) is -1.32. The van der Waals surface area contributed by atoms with Gasteiger partial charge in [-0.2, -0.15) is 0 Å². The summed E-state index contributed by atoms with van der Waals surface area (Å²) in [5, 5.41) is 20.7. The Morgan fingerprint density at radius 1 is 1.32 bits per heavy atom. The van der Waals surface area contributed by atoms with E-state index in [0.717, 1.165) is 6.29 Å². The van der Waals surface area contributed by atoms with E-state index in [2.05, 4.69) is 0 Å². The minimum atomic E-state index is -4.89. The number of phosphoric ester groups is 1. The molecule has 0 aliphatic heterocycles. The zero-order chi connectivity index (χ0) is 22.8. The zero-order valence-corrected chi connectivity index (χ0v) is 18.2. The molecule has 31 heavy (non-hydrogen) atoms. The smallest absolute Gasteiger partial charge is 0.393 e. The molecule has 10 heteroatoms. The Kier molecular flexibility index (Phi) is 5.69. The summed E-state index contributed by atoms with van der Waals surface area (Å²) >= 11 is 0. The van der Waals surface area contributed by atoms with E-state index >= 15 is 0 Å². The third kappa shape index (κ3) is 3.41. The third-order valence-electron chi connectivity index (χ3n) is 8.61. The van der Waals surface area contributed by atoms with Crippen molar-refractivity contribution >= 4 is 25.7 Å². The van der Waals surface area contributed by atoms with Gasteiger partial charge in [0.2, 0.25) is 0 Å². The fourth-order valence-electron chi connectivity index (χ4n) is 7.50. The number of carbonyl (C=O) groups excluding carboxylic acids is 3. The Labute approximate surface area is 180 Å². The lowest BCUT2D eigenvalue weighted by molar-refractivity contribution is -0.167. The van der Waals surface area contributed by atoms with E-state index in [-0.39, 0.29) is 30.5 Å².